The van der Waals surface area contributed by atoms with Crippen molar-refractivity contribution in [1.82, 2.24) is 0 Å². The van der Waals surface area contributed by atoms with Gasteiger partial charge in [-0.3, -0.25) is 4.79 Å². The molecule has 1 atom stereocenters. The van der Waals surface area contributed by atoms with Gasteiger partial charge >= 0.3 is 0 Å². The van der Waals surface area contributed by atoms with Crippen LogP contribution >= 0.6 is 15.9 Å². The molecule has 1 N–H and O–H groups in total. The molecule has 0 aromatic heterocycles. The maximum Gasteiger partial charge on any atom is 0.266 e. The average Bonchev–Trinajstić information content (AvgIpc) is 2.64. The second-order valence-electron chi connectivity index (χ2n) is 7.93. The molecule has 0 radical (unpaired) electrons. The molecule has 0 spiro atoms. The van der Waals surface area contributed by atoms with Crippen molar-refractivity contribution in [3.8, 4) is 6.07 Å². The van der Waals surface area contributed by atoms with Crippen molar-refractivity contribution < 1.29 is 4.79 Å². The van der Waals surface area contributed by atoms with Crippen LogP contribution in [0, 0.1) is 11.3 Å². The first-order valence-corrected chi connectivity index (χ1v) is 10.1. The molecule has 0 unspecified atom stereocenters. The number of fused-ring (bicyclic) bond motifs is 1. The number of halogens is 1. The van der Waals surface area contributed by atoms with E-state index in [2.05, 4.69) is 66.1 Å². The van der Waals surface area contributed by atoms with Gasteiger partial charge < -0.3 is 10.2 Å². The number of hydrogen-bond donors (Lipinski definition) is 1. The molecule has 0 fully saturated rings. The first kappa shape index (κ1) is 20.2. The lowest BCUT2D eigenvalue weighted by molar-refractivity contribution is -0.112. The first-order chi connectivity index (χ1) is 13.2. The topological polar surface area (TPSA) is 56.1 Å². The minimum atomic E-state index is -0.412. The van der Waals surface area contributed by atoms with E-state index in [0.717, 1.165) is 16.5 Å². The van der Waals surface area contributed by atoms with Crippen molar-refractivity contribution >= 4 is 39.3 Å². The number of amides is 1. The molecule has 4 nitrogen and oxygen atoms in total. The fraction of sp³-hybridized carbons (Fsp3) is 0.304. The standard InChI is InChI=1S/C23H24BrN3O/c1-15-13-23(2,3)27(4)21-9-8-16(11-20(15)21)10-17(14-25)22(28)26-19-7-5-6-18(24)12-19/h5-12,15H,13H2,1-4H3,(H,26,28)/b17-10-/t15-/m1/s1. The number of nitrogens with one attached hydrogen (secondary N) is 1. The van der Waals surface area contributed by atoms with Crippen molar-refractivity contribution in [2.75, 3.05) is 17.3 Å². The number of nitrogens with zero attached hydrogens (tertiary/aromatic N) is 2. The largest absolute Gasteiger partial charge is 0.369 e. The van der Waals surface area contributed by atoms with Gasteiger partial charge in [0.05, 0.1) is 0 Å². The Morgan fingerprint density at radius 2 is 2.07 bits per heavy atom. The van der Waals surface area contributed by atoms with E-state index in [9.17, 15) is 10.1 Å². The zero-order valence-electron chi connectivity index (χ0n) is 16.6. The molecule has 1 aliphatic heterocycles. The van der Waals surface area contributed by atoms with E-state index in [1.807, 2.05) is 24.3 Å². The molecule has 0 saturated heterocycles. The zero-order chi connectivity index (χ0) is 20.5. The van der Waals surface area contributed by atoms with Crippen LogP contribution in [0.15, 0.2) is 52.5 Å². The van der Waals surface area contributed by atoms with Crippen molar-refractivity contribution in [3.63, 3.8) is 0 Å². The van der Waals surface area contributed by atoms with Gasteiger partial charge in [-0.2, -0.15) is 5.26 Å². The molecule has 1 aliphatic rings. The summed E-state index contributed by atoms with van der Waals surface area (Å²) in [6.45, 7) is 6.73. The molecule has 28 heavy (non-hydrogen) atoms. The summed E-state index contributed by atoms with van der Waals surface area (Å²) in [6, 6.07) is 15.5. The van der Waals surface area contributed by atoms with E-state index in [-0.39, 0.29) is 11.1 Å². The molecule has 2 aromatic carbocycles. The third-order valence-electron chi connectivity index (χ3n) is 5.42. The second kappa shape index (κ2) is 7.81. The molecule has 1 amide bonds. The molecular formula is C23H24BrN3O. The van der Waals surface area contributed by atoms with Gasteiger partial charge in [-0.15, -0.1) is 0 Å². The number of carbonyl (C=O) groups is 1. The van der Waals surface area contributed by atoms with Crippen LogP contribution in [0.4, 0.5) is 11.4 Å². The molecule has 2 aromatic rings. The van der Waals surface area contributed by atoms with Crippen LogP contribution in [0.1, 0.15) is 44.2 Å². The third kappa shape index (κ3) is 4.13. The molecule has 144 valence electrons. The van der Waals surface area contributed by atoms with Crippen LogP contribution in [0.3, 0.4) is 0 Å². The minimum Gasteiger partial charge on any atom is -0.369 e. The van der Waals surface area contributed by atoms with Crippen molar-refractivity contribution in [2.24, 2.45) is 0 Å². The predicted molar refractivity (Wildman–Crippen MR) is 118 cm³/mol. The van der Waals surface area contributed by atoms with Gasteiger partial charge in [-0.05, 0) is 73.7 Å². The lowest BCUT2D eigenvalue weighted by atomic mass is 9.80. The Hall–Kier alpha value is -2.58. The quantitative estimate of drug-likeness (QED) is 0.493. The van der Waals surface area contributed by atoms with E-state index in [1.165, 1.54) is 11.3 Å². The fourth-order valence-electron chi connectivity index (χ4n) is 3.77. The summed E-state index contributed by atoms with van der Waals surface area (Å²) in [5, 5.41) is 12.3. The van der Waals surface area contributed by atoms with Crippen LogP contribution in [-0.4, -0.2) is 18.5 Å². The number of rotatable bonds is 3. The van der Waals surface area contributed by atoms with Gasteiger partial charge in [0.1, 0.15) is 11.6 Å². The van der Waals surface area contributed by atoms with Crippen LogP contribution in [0.5, 0.6) is 0 Å². The molecule has 3 rings (SSSR count). The predicted octanol–water partition coefficient (Wildman–Crippen LogP) is 5.72. The van der Waals surface area contributed by atoms with Crippen LogP contribution in [0.2, 0.25) is 0 Å². The molecule has 1 heterocycles. The normalized spacial score (nSPS) is 18.2. The third-order valence-corrected chi connectivity index (χ3v) is 5.91. The molecule has 0 aliphatic carbocycles. The Kier molecular flexibility index (Phi) is 5.62. The SMILES string of the molecule is C[C@@H]1CC(C)(C)N(C)c2ccc(/C=C(/C#N)C(=O)Nc3cccc(Br)c3)cc21. The summed E-state index contributed by atoms with van der Waals surface area (Å²) in [7, 11) is 2.12. The van der Waals surface area contributed by atoms with Crippen LogP contribution < -0.4 is 10.2 Å². The highest BCUT2D eigenvalue weighted by atomic mass is 79.9. The number of hydrogen-bond acceptors (Lipinski definition) is 3. The number of anilines is 2. The van der Waals surface area contributed by atoms with Gasteiger partial charge in [0.15, 0.2) is 0 Å². The maximum absolute atomic E-state index is 12.5. The van der Waals surface area contributed by atoms with Crippen LogP contribution in [0.25, 0.3) is 6.08 Å². The van der Waals surface area contributed by atoms with Gasteiger partial charge in [0, 0.05) is 28.4 Å². The van der Waals surface area contributed by atoms with Gasteiger partial charge in [0.2, 0.25) is 0 Å². The van der Waals surface area contributed by atoms with Gasteiger partial charge in [-0.25, -0.2) is 0 Å². The summed E-state index contributed by atoms with van der Waals surface area (Å²) in [4.78, 5) is 14.8. The van der Waals surface area contributed by atoms with Crippen molar-refractivity contribution in [1.29, 1.82) is 5.26 Å². The fourth-order valence-corrected chi connectivity index (χ4v) is 4.16. The number of benzene rings is 2. The van der Waals surface area contributed by atoms with E-state index in [4.69, 9.17) is 0 Å². The Morgan fingerprint density at radius 1 is 1.32 bits per heavy atom. The smallest absolute Gasteiger partial charge is 0.266 e. The number of carbonyl (C=O) groups excluding carboxylic acids is 1. The van der Waals surface area contributed by atoms with Gasteiger partial charge in [-0.1, -0.05) is 35.0 Å². The second-order valence-corrected chi connectivity index (χ2v) is 8.84. The Bertz CT molecular complexity index is 988. The molecule has 0 bridgehead atoms. The minimum absolute atomic E-state index is 0.0806. The maximum atomic E-state index is 12.5. The summed E-state index contributed by atoms with van der Waals surface area (Å²) in [6.07, 6.45) is 2.71. The summed E-state index contributed by atoms with van der Waals surface area (Å²) in [5.41, 5.74) is 4.14. The van der Waals surface area contributed by atoms with E-state index >= 15 is 0 Å². The van der Waals surface area contributed by atoms with E-state index in [1.54, 1.807) is 18.2 Å². The monoisotopic (exact) mass is 437 g/mol. The van der Waals surface area contributed by atoms with Crippen LogP contribution in [-0.2, 0) is 4.79 Å². The molecule has 5 heteroatoms. The summed E-state index contributed by atoms with van der Waals surface area (Å²) in [5.74, 6) is 0.000187. The van der Waals surface area contributed by atoms with E-state index < -0.39 is 5.91 Å². The lowest BCUT2D eigenvalue weighted by Crippen LogP contribution is -2.45. The first-order valence-electron chi connectivity index (χ1n) is 9.28. The van der Waals surface area contributed by atoms with Gasteiger partial charge in [0.25, 0.3) is 5.91 Å². The van der Waals surface area contributed by atoms with E-state index in [0.29, 0.717) is 11.6 Å². The number of nitriles is 1. The highest BCUT2D eigenvalue weighted by Crippen LogP contribution is 2.42. The highest BCUT2D eigenvalue weighted by molar-refractivity contribution is 9.10. The Balaban J connectivity index is 1.88. The average molecular weight is 438 g/mol. The lowest BCUT2D eigenvalue weighted by Gasteiger charge is -2.45. The Labute approximate surface area is 175 Å². The highest BCUT2D eigenvalue weighted by Gasteiger charge is 2.33. The van der Waals surface area contributed by atoms with Crippen molar-refractivity contribution in [3.05, 3.63) is 63.6 Å². The summed E-state index contributed by atoms with van der Waals surface area (Å²) >= 11 is 3.38. The summed E-state index contributed by atoms with van der Waals surface area (Å²) < 4.78 is 0.864. The molecule has 0 saturated carbocycles. The Morgan fingerprint density at radius 3 is 2.75 bits per heavy atom. The molecular weight excluding hydrogens is 414 g/mol. The van der Waals surface area contributed by atoms with Crippen molar-refractivity contribution in [2.45, 2.75) is 38.6 Å². The zero-order valence-corrected chi connectivity index (χ0v) is 18.2.